The van der Waals surface area contributed by atoms with E-state index >= 15 is 0 Å². The topological polar surface area (TPSA) is 70.2 Å². The van der Waals surface area contributed by atoms with Crippen molar-refractivity contribution in [3.8, 4) is 0 Å². The van der Waals surface area contributed by atoms with E-state index in [1.54, 1.807) is 18.2 Å². The average Bonchev–Trinajstić information content (AvgIpc) is 2.59. The fourth-order valence-corrected chi connectivity index (χ4v) is 2.54. The monoisotopic (exact) mass is 373 g/mol. The Hall–Kier alpha value is -2.53. The minimum Gasteiger partial charge on any atom is -0.376 e. The molecule has 2 rings (SSSR count). The van der Waals surface area contributed by atoms with E-state index in [1.165, 1.54) is 5.56 Å². The third-order valence-electron chi connectivity index (χ3n) is 3.96. The predicted molar refractivity (Wildman–Crippen MR) is 108 cm³/mol. The minimum atomic E-state index is -0.220. The summed E-state index contributed by atoms with van der Waals surface area (Å²) in [6, 6.07) is 11.0. The van der Waals surface area contributed by atoms with Gasteiger partial charge in [0.15, 0.2) is 0 Å². The first-order valence-electron chi connectivity index (χ1n) is 8.59. The van der Waals surface area contributed by atoms with Crippen LogP contribution in [0.15, 0.2) is 36.4 Å². The molecule has 0 aliphatic carbocycles. The lowest BCUT2D eigenvalue weighted by Gasteiger charge is -2.12. The molecule has 0 heterocycles. The summed E-state index contributed by atoms with van der Waals surface area (Å²) in [5.74, 6) is -0.286. The SMILES string of the molecule is CCCC(=O)Nc1ccc(Cl)c(NC(=O)CNc2ccc(C)c(C)c2)c1. The summed E-state index contributed by atoms with van der Waals surface area (Å²) in [6.07, 6.45) is 1.22. The minimum absolute atomic E-state index is 0.0662. The summed E-state index contributed by atoms with van der Waals surface area (Å²) < 4.78 is 0. The van der Waals surface area contributed by atoms with Gasteiger partial charge in [-0.15, -0.1) is 0 Å². The standard InChI is InChI=1S/C20H24ClN3O2/c1-4-5-19(25)23-16-8-9-17(21)18(11-16)24-20(26)12-22-15-7-6-13(2)14(3)10-15/h6-11,22H,4-5,12H2,1-3H3,(H,23,25)(H,24,26). The number of rotatable bonds is 7. The smallest absolute Gasteiger partial charge is 0.243 e. The maximum Gasteiger partial charge on any atom is 0.243 e. The van der Waals surface area contributed by atoms with Crippen LogP contribution >= 0.6 is 11.6 Å². The molecule has 138 valence electrons. The normalized spacial score (nSPS) is 10.3. The van der Waals surface area contributed by atoms with Gasteiger partial charge in [0.2, 0.25) is 11.8 Å². The first-order chi connectivity index (χ1) is 12.4. The molecule has 0 unspecified atom stereocenters. The van der Waals surface area contributed by atoms with Crippen molar-refractivity contribution in [1.82, 2.24) is 0 Å². The van der Waals surface area contributed by atoms with Crippen LogP contribution in [0.3, 0.4) is 0 Å². The molecule has 2 aromatic rings. The van der Waals surface area contributed by atoms with Crippen LogP contribution in [-0.2, 0) is 9.59 Å². The molecule has 0 aromatic heterocycles. The van der Waals surface area contributed by atoms with Gasteiger partial charge < -0.3 is 16.0 Å². The van der Waals surface area contributed by atoms with E-state index in [9.17, 15) is 9.59 Å². The van der Waals surface area contributed by atoms with Crippen molar-refractivity contribution in [1.29, 1.82) is 0 Å². The molecule has 26 heavy (non-hydrogen) atoms. The lowest BCUT2D eigenvalue weighted by molar-refractivity contribution is -0.116. The Morgan fingerprint density at radius 3 is 2.35 bits per heavy atom. The van der Waals surface area contributed by atoms with Gasteiger partial charge >= 0.3 is 0 Å². The summed E-state index contributed by atoms with van der Waals surface area (Å²) in [5.41, 5.74) is 4.32. The largest absolute Gasteiger partial charge is 0.376 e. The van der Waals surface area contributed by atoms with Gasteiger partial charge in [0.05, 0.1) is 17.3 Å². The Labute approximate surface area is 159 Å². The molecular formula is C20H24ClN3O2. The van der Waals surface area contributed by atoms with Crippen molar-refractivity contribution in [2.45, 2.75) is 33.6 Å². The summed E-state index contributed by atoms with van der Waals surface area (Å²) in [4.78, 5) is 23.9. The zero-order valence-corrected chi connectivity index (χ0v) is 16.0. The summed E-state index contributed by atoms with van der Waals surface area (Å²) in [5, 5.41) is 9.06. The zero-order chi connectivity index (χ0) is 19.1. The van der Waals surface area contributed by atoms with E-state index in [0.29, 0.717) is 22.8 Å². The number of amides is 2. The maximum atomic E-state index is 12.2. The van der Waals surface area contributed by atoms with Crippen molar-refractivity contribution in [2.75, 3.05) is 22.5 Å². The Bertz CT molecular complexity index is 806. The third-order valence-corrected chi connectivity index (χ3v) is 4.29. The van der Waals surface area contributed by atoms with E-state index < -0.39 is 0 Å². The van der Waals surface area contributed by atoms with Crippen molar-refractivity contribution in [3.05, 3.63) is 52.5 Å². The van der Waals surface area contributed by atoms with Crippen LogP contribution in [-0.4, -0.2) is 18.4 Å². The van der Waals surface area contributed by atoms with E-state index in [4.69, 9.17) is 11.6 Å². The van der Waals surface area contributed by atoms with E-state index in [0.717, 1.165) is 17.7 Å². The summed E-state index contributed by atoms with van der Waals surface area (Å²) in [6.45, 7) is 6.12. The first kappa shape index (κ1) is 19.8. The van der Waals surface area contributed by atoms with E-state index in [1.807, 2.05) is 39.0 Å². The Balaban J connectivity index is 1.97. The molecule has 0 bridgehead atoms. The number of hydrogen-bond donors (Lipinski definition) is 3. The molecule has 0 fully saturated rings. The Morgan fingerprint density at radius 1 is 0.923 bits per heavy atom. The van der Waals surface area contributed by atoms with Crippen LogP contribution in [0.1, 0.15) is 30.9 Å². The van der Waals surface area contributed by atoms with Gasteiger partial charge in [-0.25, -0.2) is 0 Å². The second-order valence-electron chi connectivity index (χ2n) is 6.19. The van der Waals surface area contributed by atoms with Crippen molar-refractivity contribution in [3.63, 3.8) is 0 Å². The van der Waals surface area contributed by atoms with Crippen LogP contribution in [0.4, 0.5) is 17.1 Å². The van der Waals surface area contributed by atoms with E-state index in [-0.39, 0.29) is 18.4 Å². The fourth-order valence-electron chi connectivity index (χ4n) is 2.38. The highest BCUT2D eigenvalue weighted by molar-refractivity contribution is 6.33. The number of benzene rings is 2. The van der Waals surface area contributed by atoms with E-state index in [2.05, 4.69) is 16.0 Å². The van der Waals surface area contributed by atoms with Crippen molar-refractivity contribution >= 4 is 40.5 Å². The predicted octanol–water partition coefficient (Wildman–Crippen LogP) is 4.75. The number of nitrogens with one attached hydrogen (secondary N) is 3. The molecule has 0 saturated heterocycles. The number of hydrogen-bond acceptors (Lipinski definition) is 3. The molecule has 2 aromatic carbocycles. The lowest BCUT2D eigenvalue weighted by atomic mass is 10.1. The number of carbonyl (C=O) groups excluding carboxylic acids is 2. The quantitative estimate of drug-likeness (QED) is 0.656. The highest BCUT2D eigenvalue weighted by Crippen LogP contribution is 2.25. The molecule has 0 aliphatic rings. The second kappa shape index (κ2) is 9.25. The zero-order valence-electron chi connectivity index (χ0n) is 15.3. The molecular weight excluding hydrogens is 350 g/mol. The lowest BCUT2D eigenvalue weighted by Crippen LogP contribution is -2.22. The summed E-state index contributed by atoms with van der Waals surface area (Å²) >= 11 is 6.15. The second-order valence-corrected chi connectivity index (χ2v) is 6.60. The molecule has 2 amide bonds. The number of halogens is 1. The number of aryl methyl sites for hydroxylation is 2. The summed E-state index contributed by atoms with van der Waals surface area (Å²) in [7, 11) is 0. The van der Waals surface area contributed by atoms with Crippen LogP contribution in [0.25, 0.3) is 0 Å². The van der Waals surface area contributed by atoms with Crippen LogP contribution in [0.5, 0.6) is 0 Å². The maximum absolute atomic E-state index is 12.2. The van der Waals surface area contributed by atoms with Gasteiger partial charge in [-0.2, -0.15) is 0 Å². The molecule has 0 aliphatic heterocycles. The van der Waals surface area contributed by atoms with Gasteiger partial charge in [-0.05, 0) is 61.7 Å². The van der Waals surface area contributed by atoms with Gasteiger partial charge in [-0.1, -0.05) is 24.6 Å². The molecule has 5 nitrogen and oxygen atoms in total. The van der Waals surface area contributed by atoms with Crippen LogP contribution in [0, 0.1) is 13.8 Å². The fraction of sp³-hybridized carbons (Fsp3) is 0.300. The van der Waals surface area contributed by atoms with Crippen LogP contribution in [0.2, 0.25) is 5.02 Å². The highest BCUT2D eigenvalue weighted by Gasteiger charge is 2.09. The molecule has 0 saturated carbocycles. The van der Waals surface area contributed by atoms with Gasteiger partial charge in [0.1, 0.15) is 0 Å². The third kappa shape index (κ3) is 5.77. The van der Waals surface area contributed by atoms with Crippen molar-refractivity contribution < 1.29 is 9.59 Å². The van der Waals surface area contributed by atoms with Gasteiger partial charge in [0, 0.05) is 17.8 Å². The number of carbonyl (C=O) groups is 2. The van der Waals surface area contributed by atoms with Crippen LogP contribution < -0.4 is 16.0 Å². The molecule has 3 N–H and O–H groups in total. The molecule has 0 atom stereocenters. The first-order valence-corrected chi connectivity index (χ1v) is 8.97. The highest BCUT2D eigenvalue weighted by atomic mass is 35.5. The molecule has 0 radical (unpaired) electrons. The van der Waals surface area contributed by atoms with Crippen molar-refractivity contribution in [2.24, 2.45) is 0 Å². The van der Waals surface area contributed by atoms with Gasteiger partial charge in [0.25, 0.3) is 0 Å². The molecule has 6 heteroatoms. The average molecular weight is 374 g/mol. The Kier molecular flexibility index (Phi) is 7.04. The Morgan fingerprint density at radius 2 is 1.65 bits per heavy atom. The van der Waals surface area contributed by atoms with Gasteiger partial charge in [-0.3, -0.25) is 9.59 Å². The number of anilines is 3. The molecule has 0 spiro atoms.